The third-order valence-electron chi connectivity index (χ3n) is 4.00. The standard InChI is InChI=1S/C16H15IN4O2.ClH/c17-12-5-9(1-2-13(12)20-21-18)6-14-11-8-16(23)15(22)7-10(11)3-4-19-14;/h1-2,5,7-8,14,19,22-23H,3-4,6H2;1H. The Balaban J connectivity index is 0.00000208. The molecule has 0 amide bonds. The number of phenols is 2. The van der Waals surface area contributed by atoms with Gasteiger partial charge in [-0.1, -0.05) is 17.2 Å². The van der Waals surface area contributed by atoms with Crippen molar-refractivity contribution in [3.05, 3.63) is 61.0 Å². The average Bonchev–Trinajstić information content (AvgIpc) is 2.52. The van der Waals surface area contributed by atoms with Crippen LogP contribution in [0.1, 0.15) is 22.7 Å². The van der Waals surface area contributed by atoms with Crippen molar-refractivity contribution in [1.82, 2.24) is 5.32 Å². The number of rotatable bonds is 3. The van der Waals surface area contributed by atoms with Crippen molar-refractivity contribution < 1.29 is 10.2 Å². The van der Waals surface area contributed by atoms with Crippen LogP contribution in [-0.4, -0.2) is 16.8 Å². The first-order valence-corrected chi connectivity index (χ1v) is 8.28. The van der Waals surface area contributed by atoms with Crippen molar-refractivity contribution in [3.8, 4) is 11.5 Å². The number of azide groups is 1. The van der Waals surface area contributed by atoms with Crippen molar-refractivity contribution in [2.75, 3.05) is 6.54 Å². The Kier molecular flexibility index (Phi) is 6.17. The summed E-state index contributed by atoms with van der Waals surface area (Å²) in [6.07, 6.45) is 1.58. The maximum absolute atomic E-state index is 9.77. The smallest absolute Gasteiger partial charge is 0.157 e. The summed E-state index contributed by atoms with van der Waals surface area (Å²) < 4.78 is 0.905. The lowest BCUT2D eigenvalue weighted by atomic mass is 9.90. The largest absolute Gasteiger partial charge is 0.504 e. The topological polar surface area (TPSA) is 101 Å². The fraction of sp³-hybridized carbons (Fsp3) is 0.250. The SMILES string of the molecule is Cl.[N-]=[N+]=Nc1ccc(CC2NCCc3cc(O)c(O)cc32)cc1I. The summed E-state index contributed by atoms with van der Waals surface area (Å²) in [7, 11) is 0. The molecule has 3 rings (SSSR count). The molecule has 1 unspecified atom stereocenters. The van der Waals surface area contributed by atoms with Crippen LogP contribution in [-0.2, 0) is 12.8 Å². The molecular formula is C16H16ClIN4O2. The van der Waals surface area contributed by atoms with E-state index in [2.05, 4.69) is 37.9 Å². The van der Waals surface area contributed by atoms with Gasteiger partial charge >= 0.3 is 0 Å². The fourth-order valence-corrected chi connectivity index (χ4v) is 3.58. The van der Waals surface area contributed by atoms with Gasteiger partial charge in [-0.15, -0.1) is 12.4 Å². The lowest BCUT2D eigenvalue weighted by Gasteiger charge is -2.27. The zero-order chi connectivity index (χ0) is 16.4. The summed E-state index contributed by atoms with van der Waals surface area (Å²) in [5.74, 6) is -0.164. The second-order valence-electron chi connectivity index (χ2n) is 5.48. The zero-order valence-electron chi connectivity index (χ0n) is 12.6. The molecule has 1 atom stereocenters. The Labute approximate surface area is 159 Å². The highest BCUT2D eigenvalue weighted by Crippen LogP contribution is 2.35. The van der Waals surface area contributed by atoms with Gasteiger partial charge in [-0.2, -0.15) is 0 Å². The molecule has 0 bridgehead atoms. The molecule has 0 saturated heterocycles. The second-order valence-corrected chi connectivity index (χ2v) is 6.64. The summed E-state index contributed by atoms with van der Waals surface area (Å²) >= 11 is 2.15. The van der Waals surface area contributed by atoms with E-state index in [1.54, 1.807) is 12.1 Å². The Bertz CT molecular complexity index is 809. The molecule has 0 aliphatic carbocycles. The lowest BCUT2D eigenvalue weighted by Crippen LogP contribution is -2.31. The van der Waals surface area contributed by atoms with Gasteiger partial charge in [0.25, 0.3) is 0 Å². The van der Waals surface area contributed by atoms with E-state index in [-0.39, 0.29) is 29.9 Å². The first-order chi connectivity index (χ1) is 11.1. The van der Waals surface area contributed by atoms with E-state index in [1.165, 1.54) is 0 Å². The summed E-state index contributed by atoms with van der Waals surface area (Å²) in [6.45, 7) is 0.829. The second kappa shape index (κ2) is 7.94. The van der Waals surface area contributed by atoms with E-state index in [0.717, 1.165) is 39.6 Å². The number of hydrogen-bond acceptors (Lipinski definition) is 4. The first-order valence-electron chi connectivity index (χ1n) is 7.20. The van der Waals surface area contributed by atoms with E-state index < -0.39 is 0 Å². The first kappa shape index (κ1) is 18.7. The summed E-state index contributed by atoms with van der Waals surface area (Å²) in [4.78, 5) is 2.82. The van der Waals surface area contributed by atoms with Crippen LogP contribution in [0.4, 0.5) is 5.69 Å². The number of hydrogen-bond donors (Lipinski definition) is 3. The highest BCUT2D eigenvalue weighted by atomic mass is 127. The van der Waals surface area contributed by atoms with Crippen molar-refractivity contribution >= 4 is 40.7 Å². The van der Waals surface area contributed by atoms with Crippen LogP contribution in [0.15, 0.2) is 35.4 Å². The third-order valence-corrected chi connectivity index (χ3v) is 4.87. The molecule has 3 N–H and O–H groups in total. The van der Waals surface area contributed by atoms with Gasteiger partial charge in [0.15, 0.2) is 11.5 Å². The van der Waals surface area contributed by atoms with E-state index in [4.69, 9.17) is 5.53 Å². The predicted octanol–water partition coefficient (Wildman–Crippen LogP) is 4.50. The van der Waals surface area contributed by atoms with Crippen molar-refractivity contribution in [1.29, 1.82) is 0 Å². The van der Waals surface area contributed by atoms with Crippen molar-refractivity contribution in [3.63, 3.8) is 0 Å². The minimum atomic E-state index is -0.0919. The molecule has 2 aromatic carbocycles. The van der Waals surface area contributed by atoms with Crippen molar-refractivity contribution in [2.24, 2.45) is 5.11 Å². The maximum Gasteiger partial charge on any atom is 0.157 e. The number of phenolic OH excluding ortho intramolecular Hbond substituents is 2. The number of halogens is 2. The number of aromatic hydroxyl groups is 2. The van der Waals surface area contributed by atoms with E-state index >= 15 is 0 Å². The molecule has 8 heteroatoms. The molecule has 0 aromatic heterocycles. The minimum absolute atomic E-state index is 0. The van der Waals surface area contributed by atoms with Gasteiger partial charge in [0.05, 0.1) is 5.69 Å². The molecule has 126 valence electrons. The molecule has 2 aromatic rings. The monoisotopic (exact) mass is 458 g/mol. The highest BCUT2D eigenvalue weighted by molar-refractivity contribution is 14.1. The van der Waals surface area contributed by atoms with Gasteiger partial charge in [-0.05, 0) is 82.4 Å². The fourth-order valence-electron chi connectivity index (χ4n) is 2.89. The van der Waals surface area contributed by atoms with E-state index in [0.29, 0.717) is 5.69 Å². The number of fused-ring (bicyclic) bond motifs is 1. The Hall–Kier alpha value is -1.67. The van der Waals surface area contributed by atoms with Crippen LogP contribution < -0.4 is 5.32 Å². The third kappa shape index (κ3) is 3.87. The van der Waals surface area contributed by atoms with Gasteiger partial charge in [0.2, 0.25) is 0 Å². The lowest BCUT2D eigenvalue weighted by molar-refractivity contribution is 0.398. The van der Waals surface area contributed by atoms with Crippen LogP contribution in [0.25, 0.3) is 10.4 Å². The molecule has 6 nitrogen and oxygen atoms in total. The molecule has 1 aliphatic rings. The van der Waals surface area contributed by atoms with Gasteiger partial charge in [-0.3, -0.25) is 0 Å². The summed E-state index contributed by atoms with van der Waals surface area (Å²) in [5.41, 5.74) is 12.3. The Morgan fingerprint density at radius 2 is 2.00 bits per heavy atom. The number of nitrogens with one attached hydrogen (secondary N) is 1. The Morgan fingerprint density at radius 1 is 1.25 bits per heavy atom. The normalized spacial score (nSPS) is 15.8. The van der Waals surface area contributed by atoms with E-state index in [9.17, 15) is 10.2 Å². The molecule has 24 heavy (non-hydrogen) atoms. The van der Waals surface area contributed by atoms with E-state index in [1.807, 2.05) is 18.2 Å². The molecule has 0 saturated carbocycles. The van der Waals surface area contributed by atoms with Gasteiger partial charge in [0, 0.05) is 14.5 Å². The predicted molar refractivity (Wildman–Crippen MR) is 103 cm³/mol. The molecule has 1 heterocycles. The van der Waals surface area contributed by atoms with Crippen LogP contribution in [0.3, 0.4) is 0 Å². The summed E-state index contributed by atoms with van der Waals surface area (Å²) in [5, 5.41) is 26.5. The van der Waals surface area contributed by atoms with Crippen LogP contribution >= 0.6 is 35.0 Å². The molecule has 0 radical (unpaired) electrons. The molecular weight excluding hydrogens is 443 g/mol. The summed E-state index contributed by atoms with van der Waals surface area (Å²) in [6, 6.07) is 9.12. The maximum atomic E-state index is 9.77. The van der Waals surface area contributed by atoms with Crippen LogP contribution in [0.5, 0.6) is 11.5 Å². The Morgan fingerprint density at radius 3 is 2.71 bits per heavy atom. The molecule has 1 aliphatic heterocycles. The highest BCUT2D eigenvalue weighted by Gasteiger charge is 2.22. The molecule has 0 fully saturated rings. The average molecular weight is 459 g/mol. The zero-order valence-corrected chi connectivity index (χ0v) is 15.6. The quantitative estimate of drug-likeness (QED) is 0.208. The number of nitrogens with zero attached hydrogens (tertiary/aromatic N) is 3. The van der Waals surface area contributed by atoms with Crippen LogP contribution in [0.2, 0.25) is 0 Å². The molecule has 0 spiro atoms. The van der Waals surface area contributed by atoms with Gasteiger partial charge < -0.3 is 15.5 Å². The van der Waals surface area contributed by atoms with Crippen molar-refractivity contribution in [2.45, 2.75) is 18.9 Å². The number of benzene rings is 2. The van der Waals surface area contributed by atoms with Gasteiger partial charge in [-0.25, -0.2) is 0 Å². The minimum Gasteiger partial charge on any atom is -0.504 e. The van der Waals surface area contributed by atoms with Crippen LogP contribution in [0, 0.1) is 3.57 Å². The van der Waals surface area contributed by atoms with Gasteiger partial charge in [0.1, 0.15) is 0 Å².